The van der Waals surface area contributed by atoms with Gasteiger partial charge in [0, 0.05) is 5.75 Å². The van der Waals surface area contributed by atoms with E-state index >= 15 is 0 Å². The summed E-state index contributed by atoms with van der Waals surface area (Å²) < 4.78 is 5.34. The Hall–Kier alpha value is -1.15. The number of carbonyl (C=O) groups is 1. The lowest BCUT2D eigenvalue weighted by Crippen LogP contribution is -2.12. The van der Waals surface area contributed by atoms with Crippen LogP contribution in [-0.4, -0.2) is 28.7 Å². The maximum atomic E-state index is 11.2. The van der Waals surface area contributed by atoms with Crippen LogP contribution in [0.15, 0.2) is 10.5 Å². The normalized spacial score (nSPS) is 16.3. The van der Waals surface area contributed by atoms with Crippen LogP contribution in [0.4, 0.5) is 5.00 Å². The van der Waals surface area contributed by atoms with Crippen LogP contribution in [0, 0.1) is 15.5 Å². The fraction of sp³-hybridized carbons (Fsp3) is 0.600. The third-order valence-corrected chi connectivity index (χ3v) is 5.31. The first-order valence-electron chi connectivity index (χ1n) is 5.34. The Morgan fingerprint density at radius 3 is 2.94 bits per heavy atom. The first kappa shape index (κ1) is 13.3. The summed E-state index contributed by atoms with van der Waals surface area (Å²) in [5.74, 6) is 0.561. The topological polar surface area (TPSA) is 82.3 Å². The van der Waals surface area contributed by atoms with E-state index in [1.54, 1.807) is 0 Å². The van der Waals surface area contributed by atoms with Crippen LogP contribution >= 0.6 is 23.1 Å². The van der Waals surface area contributed by atoms with Gasteiger partial charge < -0.3 is 4.74 Å². The van der Waals surface area contributed by atoms with Gasteiger partial charge in [-0.05, 0) is 29.6 Å². The van der Waals surface area contributed by atoms with Crippen molar-refractivity contribution in [1.29, 1.82) is 0 Å². The van der Waals surface area contributed by atoms with Crippen LogP contribution in [0.25, 0.3) is 0 Å². The van der Waals surface area contributed by atoms with Crippen LogP contribution < -0.4 is 0 Å². The molecule has 1 heterocycles. The smallest absolute Gasteiger partial charge is 0.344 e. The third-order valence-electron chi connectivity index (χ3n) is 2.86. The Morgan fingerprint density at radius 2 is 2.44 bits per heavy atom. The summed E-state index contributed by atoms with van der Waals surface area (Å²) in [5.41, 5.74) is 0.0121. The molecule has 0 amide bonds. The van der Waals surface area contributed by atoms with Crippen molar-refractivity contribution in [3.8, 4) is 0 Å². The van der Waals surface area contributed by atoms with Crippen LogP contribution in [-0.2, 0) is 9.53 Å². The van der Waals surface area contributed by atoms with Crippen LogP contribution in [0.1, 0.15) is 19.3 Å². The number of carbonyl (C=O) groups excluding carboxylic acids is 1. The average Bonchev–Trinajstić information content (AvgIpc) is 2.92. The van der Waals surface area contributed by atoms with Gasteiger partial charge in [-0.25, -0.2) is 4.98 Å². The minimum Gasteiger partial charge on any atom is -0.469 e. The van der Waals surface area contributed by atoms with Gasteiger partial charge >= 0.3 is 11.0 Å². The van der Waals surface area contributed by atoms with Crippen molar-refractivity contribution in [2.24, 2.45) is 5.41 Å². The lowest BCUT2D eigenvalue weighted by atomic mass is 10.1. The maximum absolute atomic E-state index is 11.2. The van der Waals surface area contributed by atoms with E-state index in [-0.39, 0.29) is 16.4 Å². The van der Waals surface area contributed by atoms with Gasteiger partial charge in [-0.15, -0.1) is 0 Å². The maximum Gasteiger partial charge on any atom is 0.344 e. The molecular formula is C10H12N2O4S2. The second-order valence-corrected chi connectivity index (χ2v) is 6.49. The molecule has 0 radical (unpaired) electrons. The molecule has 18 heavy (non-hydrogen) atoms. The first-order valence-corrected chi connectivity index (χ1v) is 7.15. The molecule has 0 saturated heterocycles. The Kier molecular flexibility index (Phi) is 3.86. The summed E-state index contributed by atoms with van der Waals surface area (Å²) in [6, 6.07) is 0. The van der Waals surface area contributed by atoms with E-state index in [0.29, 0.717) is 10.8 Å². The zero-order valence-corrected chi connectivity index (χ0v) is 11.4. The largest absolute Gasteiger partial charge is 0.469 e. The molecule has 0 aliphatic heterocycles. The average molecular weight is 288 g/mol. The molecule has 0 atom stereocenters. The molecular weight excluding hydrogens is 276 g/mol. The highest BCUT2D eigenvalue weighted by Crippen LogP contribution is 2.52. The van der Waals surface area contributed by atoms with E-state index in [0.717, 1.165) is 29.9 Å². The van der Waals surface area contributed by atoms with Gasteiger partial charge in [-0.2, -0.15) is 0 Å². The van der Waals surface area contributed by atoms with Gasteiger partial charge in [0.1, 0.15) is 6.20 Å². The highest BCUT2D eigenvalue weighted by molar-refractivity contribution is 8.01. The second-order valence-electron chi connectivity index (χ2n) is 4.26. The molecule has 0 N–H and O–H groups in total. The van der Waals surface area contributed by atoms with E-state index in [4.69, 9.17) is 0 Å². The Balaban J connectivity index is 1.87. The second kappa shape index (κ2) is 5.23. The molecule has 1 fully saturated rings. The van der Waals surface area contributed by atoms with Gasteiger partial charge in [-0.3, -0.25) is 14.9 Å². The van der Waals surface area contributed by atoms with Crippen molar-refractivity contribution in [1.82, 2.24) is 4.98 Å². The van der Waals surface area contributed by atoms with Crippen LogP contribution in [0.3, 0.4) is 0 Å². The summed E-state index contributed by atoms with van der Waals surface area (Å²) >= 11 is 2.55. The quantitative estimate of drug-likeness (QED) is 0.346. The zero-order valence-electron chi connectivity index (χ0n) is 9.75. The third kappa shape index (κ3) is 3.20. The van der Waals surface area contributed by atoms with Crippen molar-refractivity contribution >= 4 is 34.1 Å². The molecule has 0 spiro atoms. The number of aromatic nitrogens is 1. The predicted octanol–water partition coefficient (Wildman–Crippen LogP) is 2.49. The van der Waals surface area contributed by atoms with E-state index in [1.807, 2.05) is 0 Å². The molecule has 1 aromatic rings. The minimum absolute atomic E-state index is 0.0121. The standard InChI is InChI=1S/C10H12N2O4S2/c1-16-8(13)4-10(2-3-10)6-17-9-11-5-7(18-9)12(14)15/h5H,2-4,6H2,1H3. The number of nitrogens with zero attached hydrogens (tertiary/aromatic N) is 2. The molecule has 1 aromatic heterocycles. The lowest BCUT2D eigenvalue weighted by molar-refractivity contribution is -0.380. The van der Waals surface area contributed by atoms with Gasteiger partial charge in [0.15, 0.2) is 4.34 Å². The number of thiazole rings is 1. The van der Waals surface area contributed by atoms with E-state index < -0.39 is 4.92 Å². The van der Waals surface area contributed by atoms with Gasteiger partial charge in [0.2, 0.25) is 0 Å². The number of hydrogen-bond acceptors (Lipinski definition) is 7. The summed E-state index contributed by atoms with van der Waals surface area (Å²) in [7, 11) is 1.38. The number of nitro groups is 1. The van der Waals surface area contributed by atoms with E-state index in [1.165, 1.54) is 25.1 Å². The summed E-state index contributed by atoms with van der Waals surface area (Å²) in [5, 5.41) is 10.6. The van der Waals surface area contributed by atoms with Gasteiger partial charge in [0.05, 0.1) is 18.5 Å². The molecule has 2 rings (SSSR count). The number of rotatable bonds is 6. The van der Waals surface area contributed by atoms with Crippen molar-refractivity contribution in [3.05, 3.63) is 16.3 Å². The monoisotopic (exact) mass is 288 g/mol. The van der Waals surface area contributed by atoms with E-state index in [9.17, 15) is 14.9 Å². The van der Waals surface area contributed by atoms with Crippen molar-refractivity contribution in [3.63, 3.8) is 0 Å². The van der Waals surface area contributed by atoms with Crippen molar-refractivity contribution in [2.75, 3.05) is 12.9 Å². The minimum atomic E-state index is -0.441. The summed E-state index contributed by atoms with van der Waals surface area (Å²) in [6.07, 6.45) is 3.70. The number of hydrogen-bond donors (Lipinski definition) is 0. The number of thioether (sulfide) groups is 1. The highest BCUT2D eigenvalue weighted by atomic mass is 32.2. The van der Waals surface area contributed by atoms with Gasteiger partial charge in [-0.1, -0.05) is 11.8 Å². The first-order chi connectivity index (χ1) is 8.54. The van der Waals surface area contributed by atoms with Gasteiger partial charge in [0.25, 0.3) is 0 Å². The van der Waals surface area contributed by atoms with Crippen LogP contribution in [0.2, 0.25) is 0 Å². The van der Waals surface area contributed by atoms with Crippen molar-refractivity contribution in [2.45, 2.75) is 23.6 Å². The molecule has 6 nitrogen and oxygen atoms in total. The van der Waals surface area contributed by atoms with Crippen LogP contribution in [0.5, 0.6) is 0 Å². The fourth-order valence-corrected chi connectivity index (χ4v) is 3.62. The molecule has 0 aromatic carbocycles. The molecule has 98 valence electrons. The lowest BCUT2D eigenvalue weighted by Gasteiger charge is -2.11. The number of methoxy groups -OCH3 is 1. The SMILES string of the molecule is COC(=O)CC1(CSc2ncc([N+](=O)[O-])s2)CC1. The molecule has 0 unspecified atom stereocenters. The Morgan fingerprint density at radius 1 is 1.72 bits per heavy atom. The Labute approximate surface area is 112 Å². The number of ether oxygens (including phenoxy) is 1. The number of esters is 1. The fourth-order valence-electron chi connectivity index (χ4n) is 1.54. The molecule has 1 aliphatic rings. The Bertz CT molecular complexity index is 470. The van der Waals surface area contributed by atoms with Crippen molar-refractivity contribution < 1.29 is 14.5 Å². The summed E-state index contributed by atoms with van der Waals surface area (Å²) in [4.78, 5) is 25.3. The van der Waals surface area contributed by atoms with E-state index in [2.05, 4.69) is 9.72 Å². The highest BCUT2D eigenvalue weighted by Gasteiger charge is 2.44. The summed E-state index contributed by atoms with van der Waals surface area (Å²) in [6.45, 7) is 0. The molecule has 8 heteroatoms. The molecule has 0 bridgehead atoms. The zero-order chi connectivity index (χ0) is 13.2. The predicted molar refractivity (Wildman–Crippen MR) is 67.8 cm³/mol. The molecule has 1 saturated carbocycles. The molecule has 1 aliphatic carbocycles.